The lowest BCUT2D eigenvalue weighted by atomic mass is 10.1. The van der Waals surface area contributed by atoms with Gasteiger partial charge in [0.1, 0.15) is 0 Å². The molecule has 1 heterocycles. The van der Waals surface area contributed by atoms with E-state index in [1.165, 1.54) is 18.5 Å². The van der Waals surface area contributed by atoms with E-state index in [2.05, 4.69) is 43.1 Å². The van der Waals surface area contributed by atoms with Crippen molar-refractivity contribution in [2.24, 2.45) is 0 Å². The van der Waals surface area contributed by atoms with E-state index in [0.717, 1.165) is 50.3 Å². The number of hydrogen-bond donors (Lipinski definition) is 1. The molecule has 1 saturated heterocycles. The van der Waals surface area contributed by atoms with E-state index in [4.69, 9.17) is 0 Å². The van der Waals surface area contributed by atoms with Crippen LogP contribution in [0.1, 0.15) is 45.1 Å². The van der Waals surface area contributed by atoms with Crippen LogP contribution < -0.4 is 10.2 Å². The van der Waals surface area contributed by atoms with Crippen LogP contribution in [0.25, 0.3) is 0 Å². The number of carbonyl (C=O) groups excluding carboxylic acids is 1. The average Bonchev–Trinajstić information content (AvgIpc) is 2.80. The molecule has 1 aliphatic heterocycles. The fourth-order valence-corrected chi connectivity index (χ4v) is 3.04. The van der Waals surface area contributed by atoms with Crippen LogP contribution in [0.15, 0.2) is 18.2 Å². The lowest BCUT2D eigenvalue weighted by molar-refractivity contribution is 0.213. The van der Waals surface area contributed by atoms with Gasteiger partial charge in [-0.3, -0.25) is 0 Å². The lowest BCUT2D eigenvalue weighted by Gasteiger charge is -2.24. The van der Waals surface area contributed by atoms with E-state index in [1.54, 1.807) is 0 Å². The van der Waals surface area contributed by atoms with Crippen molar-refractivity contribution in [2.75, 3.05) is 36.4 Å². The van der Waals surface area contributed by atoms with Gasteiger partial charge >= 0.3 is 6.03 Å². The molecule has 0 radical (unpaired) electrons. The van der Waals surface area contributed by atoms with Gasteiger partial charge in [0.2, 0.25) is 0 Å². The molecule has 2 amide bonds. The van der Waals surface area contributed by atoms with Crippen molar-refractivity contribution in [3.8, 4) is 0 Å². The summed E-state index contributed by atoms with van der Waals surface area (Å²) in [5.74, 6) is 0. The topological polar surface area (TPSA) is 35.6 Å². The van der Waals surface area contributed by atoms with Gasteiger partial charge in [-0.1, -0.05) is 12.8 Å². The molecule has 22 heavy (non-hydrogen) atoms. The van der Waals surface area contributed by atoms with Crippen LogP contribution in [0.2, 0.25) is 0 Å². The number of urea groups is 1. The Balaban J connectivity index is 2.04. The zero-order chi connectivity index (χ0) is 15.9. The second-order valence-electron chi connectivity index (χ2n) is 6.00. The predicted molar refractivity (Wildman–Crippen MR) is 93.8 cm³/mol. The first kappa shape index (κ1) is 16.7. The van der Waals surface area contributed by atoms with Gasteiger partial charge in [0.25, 0.3) is 0 Å². The Bertz CT molecular complexity index is 489. The van der Waals surface area contributed by atoms with Crippen molar-refractivity contribution >= 4 is 17.4 Å². The van der Waals surface area contributed by atoms with Gasteiger partial charge in [-0.05, 0) is 57.4 Å². The van der Waals surface area contributed by atoms with E-state index in [1.807, 2.05) is 11.0 Å². The van der Waals surface area contributed by atoms with Gasteiger partial charge in [-0.2, -0.15) is 0 Å². The monoisotopic (exact) mass is 303 g/mol. The summed E-state index contributed by atoms with van der Waals surface area (Å²) in [6.45, 7) is 10.1. The van der Waals surface area contributed by atoms with Crippen molar-refractivity contribution in [1.29, 1.82) is 0 Å². The molecule has 1 aromatic carbocycles. The highest BCUT2D eigenvalue weighted by molar-refractivity contribution is 5.90. The number of rotatable bonds is 4. The number of likely N-dealkylation sites (tertiary alicyclic amines) is 1. The van der Waals surface area contributed by atoms with Gasteiger partial charge in [0, 0.05) is 37.6 Å². The minimum absolute atomic E-state index is 0.0422. The second-order valence-corrected chi connectivity index (χ2v) is 6.00. The zero-order valence-corrected chi connectivity index (χ0v) is 14.2. The number of amides is 2. The summed E-state index contributed by atoms with van der Waals surface area (Å²) in [5.41, 5.74) is 3.26. The first-order valence-corrected chi connectivity index (χ1v) is 8.57. The van der Waals surface area contributed by atoms with Crippen molar-refractivity contribution in [3.05, 3.63) is 23.8 Å². The molecule has 4 heteroatoms. The van der Waals surface area contributed by atoms with Crippen molar-refractivity contribution in [1.82, 2.24) is 4.90 Å². The standard InChI is InChI=1S/C18H29N3O/c1-4-20(5-2)16-10-11-17(15(3)14-16)19-18(22)21-12-8-6-7-9-13-21/h10-11,14H,4-9,12-13H2,1-3H3,(H,19,22). The van der Waals surface area contributed by atoms with E-state index in [-0.39, 0.29) is 6.03 Å². The van der Waals surface area contributed by atoms with Gasteiger partial charge in [-0.25, -0.2) is 4.79 Å². The molecule has 1 aromatic rings. The average molecular weight is 303 g/mol. The lowest BCUT2D eigenvalue weighted by Crippen LogP contribution is -2.35. The maximum absolute atomic E-state index is 12.4. The van der Waals surface area contributed by atoms with E-state index < -0.39 is 0 Å². The van der Waals surface area contributed by atoms with Crippen LogP contribution in [0.3, 0.4) is 0 Å². The number of aryl methyl sites for hydroxylation is 1. The quantitative estimate of drug-likeness (QED) is 0.902. The van der Waals surface area contributed by atoms with Crippen molar-refractivity contribution in [3.63, 3.8) is 0 Å². The summed E-state index contributed by atoms with van der Waals surface area (Å²) in [4.78, 5) is 16.7. The SMILES string of the molecule is CCN(CC)c1ccc(NC(=O)N2CCCCCC2)c(C)c1. The molecular formula is C18H29N3O. The molecule has 0 bridgehead atoms. The molecule has 0 saturated carbocycles. The third-order valence-electron chi connectivity index (χ3n) is 4.47. The van der Waals surface area contributed by atoms with Gasteiger partial charge in [-0.15, -0.1) is 0 Å². The molecule has 2 rings (SSSR count). The van der Waals surface area contributed by atoms with Crippen LogP contribution in [0, 0.1) is 6.92 Å². The number of benzene rings is 1. The highest BCUT2D eigenvalue weighted by Crippen LogP contribution is 2.23. The fraction of sp³-hybridized carbons (Fsp3) is 0.611. The molecular weight excluding hydrogens is 274 g/mol. The van der Waals surface area contributed by atoms with E-state index >= 15 is 0 Å². The number of hydrogen-bond acceptors (Lipinski definition) is 2. The number of nitrogens with zero attached hydrogens (tertiary/aromatic N) is 2. The third kappa shape index (κ3) is 4.15. The Morgan fingerprint density at radius 3 is 2.32 bits per heavy atom. The van der Waals surface area contributed by atoms with Crippen LogP contribution in [0.4, 0.5) is 16.2 Å². The Kier molecular flexibility index (Phi) is 6.10. The van der Waals surface area contributed by atoms with Crippen LogP contribution in [0.5, 0.6) is 0 Å². The Labute approximate surface area is 134 Å². The molecule has 1 aliphatic rings. The summed E-state index contributed by atoms with van der Waals surface area (Å²) >= 11 is 0. The number of anilines is 2. The molecule has 122 valence electrons. The normalized spacial score (nSPS) is 15.3. The van der Waals surface area contributed by atoms with Crippen LogP contribution in [-0.4, -0.2) is 37.1 Å². The summed E-state index contributed by atoms with van der Waals surface area (Å²) in [6, 6.07) is 6.32. The maximum atomic E-state index is 12.4. The molecule has 0 spiro atoms. The Morgan fingerprint density at radius 2 is 1.77 bits per heavy atom. The highest BCUT2D eigenvalue weighted by atomic mass is 16.2. The largest absolute Gasteiger partial charge is 0.372 e. The molecule has 0 aromatic heterocycles. The van der Waals surface area contributed by atoms with E-state index in [9.17, 15) is 4.79 Å². The number of nitrogens with one attached hydrogen (secondary N) is 1. The van der Waals surface area contributed by atoms with Gasteiger partial charge in [0.15, 0.2) is 0 Å². The zero-order valence-electron chi connectivity index (χ0n) is 14.2. The first-order chi connectivity index (χ1) is 10.7. The summed E-state index contributed by atoms with van der Waals surface area (Å²) in [7, 11) is 0. The Hall–Kier alpha value is -1.71. The highest BCUT2D eigenvalue weighted by Gasteiger charge is 2.16. The van der Waals surface area contributed by atoms with Crippen molar-refractivity contribution in [2.45, 2.75) is 46.5 Å². The van der Waals surface area contributed by atoms with Crippen molar-refractivity contribution < 1.29 is 4.79 Å². The number of carbonyl (C=O) groups is 1. The summed E-state index contributed by atoms with van der Waals surface area (Å²) < 4.78 is 0. The molecule has 0 unspecified atom stereocenters. The predicted octanol–water partition coefficient (Wildman–Crippen LogP) is 4.25. The Morgan fingerprint density at radius 1 is 1.14 bits per heavy atom. The summed E-state index contributed by atoms with van der Waals surface area (Å²) in [6.07, 6.45) is 4.71. The third-order valence-corrected chi connectivity index (χ3v) is 4.47. The van der Waals surface area contributed by atoms with Gasteiger partial charge < -0.3 is 15.1 Å². The van der Waals surface area contributed by atoms with E-state index in [0.29, 0.717) is 0 Å². The maximum Gasteiger partial charge on any atom is 0.321 e. The molecule has 1 N–H and O–H groups in total. The molecule has 4 nitrogen and oxygen atoms in total. The van der Waals surface area contributed by atoms with Crippen LogP contribution >= 0.6 is 0 Å². The second kappa shape index (κ2) is 8.06. The fourth-order valence-electron chi connectivity index (χ4n) is 3.04. The molecule has 0 atom stereocenters. The smallest absolute Gasteiger partial charge is 0.321 e. The molecule has 0 aliphatic carbocycles. The summed E-state index contributed by atoms with van der Waals surface area (Å²) in [5, 5.41) is 3.08. The molecule has 1 fully saturated rings. The van der Waals surface area contributed by atoms with Gasteiger partial charge in [0.05, 0.1) is 0 Å². The minimum atomic E-state index is 0.0422. The minimum Gasteiger partial charge on any atom is -0.372 e. The van der Waals surface area contributed by atoms with Crippen LogP contribution in [-0.2, 0) is 0 Å². The first-order valence-electron chi connectivity index (χ1n) is 8.57.